The third-order valence-corrected chi connectivity index (χ3v) is 7.96. The van der Waals surface area contributed by atoms with Crippen molar-refractivity contribution in [2.24, 2.45) is 17.8 Å². The number of halogens is 3. The number of hydrogen-bond donors (Lipinski definition) is 0. The molecule has 3 heteroatoms. The molecular formula is C27H35F3. The quantitative estimate of drug-likeness (QED) is 0.412. The SMILES string of the molecule is CCC[C@H]1CC[C@H](CC[C@H]2CC[C@H](c3ccc4c(F)c(F)c(F)cc4c3)CC2)CC1. The van der Waals surface area contributed by atoms with E-state index in [4.69, 9.17) is 0 Å². The highest BCUT2D eigenvalue weighted by molar-refractivity contribution is 5.84. The summed E-state index contributed by atoms with van der Waals surface area (Å²) >= 11 is 0. The van der Waals surface area contributed by atoms with Crippen LogP contribution >= 0.6 is 0 Å². The van der Waals surface area contributed by atoms with E-state index in [0.29, 0.717) is 11.3 Å². The first-order chi connectivity index (χ1) is 14.5. The van der Waals surface area contributed by atoms with Gasteiger partial charge >= 0.3 is 0 Å². The summed E-state index contributed by atoms with van der Waals surface area (Å²) in [6.45, 7) is 2.30. The molecule has 0 unspecified atom stereocenters. The molecule has 2 saturated carbocycles. The maximum atomic E-state index is 14.0. The van der Waals surface area contributed by atoms with Crippen molar-refractivity contribution in [2.75, 3.05) is 0 Å². The first-order valence-electron chi connectivity index (χ1n) is 12.1. The fourth-order valence-electron chi connectivity index (χ4n) is 6.05. The highest BCUT2D eigenvalue weighted by Gasteiger charge is 2.25. The third-order valence-electron chi connectivity index (χ3n) is 7.96. The second-order valence-electron chi connectivity index (χ2n) is 9.94. The van der Waals surface area contributed by atoms with Gasteiger partial charge in [-0.3, -0.25) is 0 Å². The van der Waals surface area contributed by atoms with Crippen LogP contribution in [0.1, 0.15) is 95.5 Å². The normalized spacial score (nSPS) is 27.5. The lowest BCUT2D eigenvalue weighted by atomic mass is 9.74. The van der Waals surface area contributed by atoms with Gasteiger partial charge < -0.3 is 0 Å². The molecule has 2 aliphatic rings. The van der Waals surface area contributed by atoms with E-state index >= 15 is 0 Å². The lowest BCUT2D eigenvalue weighted by Gasteiger charge is -2.32. The molecule has 2 aromatic rings. The van der Waals surface area contributed by atoms with E-state index in [1.165, 1.54) is 64.2 Å². The molecule has 0 saturated heterocycles. The van der Waals surface area contributed by atoms with Crippen LogP contribution in [0.3, 0.4) is 0 Å². The van der Waals surface area contributed by atoms with Crippen LogP contribution in [0.5, 0.6) is 0 Å². The van der Waals surface area contributed by atoms with E-state index in [0.717, 1.165) is 42.2 Å². The fourth-order valence-corrected chi connectivity index (χ4v) is 6.05. The van der Waals surface area contributed by atoms with Crippen molar-refractivity contribution < 1.29 is 13.2 Å². The Balaban J connectivity index is 1.28. The summed E-state index contributed by atoms with van der Waals surface area (Å²) in [6, 6.07) is 6.50. The Morgan fingerprint density at radius 1 is 0.700 bits per heavy atom. The van der Waals surface area contributed by atoms with E-state index < -0.39 is 17.5 Å². The molecule has 0 aliphatic heterocycles. The summed E-state index contributed by atoms with van der Waals surface area (Å²) in [5, 5.41) is 0.629. The highest BCUT2D eigenvalue weighted by Crippen LogP contribution is 2.41. The van der Waals surface area contributed by atoms with E-state index in [1.807, 2.05) is 12.1 Å². The third kappa shape index (κ3) is 4.86. The van der Waals surface area contributed by atoms with Crippen molar-refractivity contribution in [1.82, 2.24) is 0 Å². The molecular weight excluding hydrogens is 381 g/mol. The molecule has 0 nitrogen and oxygen atoms in total. The van der Waals surface area contributed by atoms with Crippen LogP contribution in [0.4, 0.5) is 13.2 Å². The van der Waals surface area contributed by atoms with Crippen molar-refractivity contribution in [1.29, 1.82) is 0 Å². The molecule has 0 aromatic heterocycles. The summed E-state index contributed by atoms with van der Waals surface area (Å²) in [7, 11) is 0. The Hall–Kier alpha value is -1.51. The molecule has 2 aliphatic carbocycles. The Kier molecular flexibility index (Phi) is 7.05. The van der Waals surface area contributed by atoms with Crippen molar-refractivity contribution in [3.63, 3.8) is 0 Å². The van der Waals surface area contributed by atoms with Crippen LogP contribution in [0, 0.1) is 35.2 Å². The van der Waals surface area contributed by atoms with E-state index in [9.17, 15) is 13.2 Å². The van der Waals surface area contributed by atoms with Crippen LogP contribution in [-0.4, -0.2) is 0 Å². The zero-order valence-electron chi connectivity index (χ0n) is 18.2. The first-order valence-corrected chi connectivity index (χ1v) is 12.1. The lowest BCUT2D eigenvalue weighted by Crippen LogP contribution is -2.17. The van der Waals surface area contributed by atoms with Gasteiger partial charge in [0.05, 0.1) is 0 Å². The van der Waals surface area contributed by atoms with Gasteiger partial charge in [0.1, 0.15) is 0 Å². The summed E-state index contributed by atoms with van der Waals surface area (Å²) in [4.78, 5) is 0. The molecule has 164 valence electrons. The zero-order valence-corrected chi connectivity index (χ0v) is 18.2. The topological polar surface area (TPSA) is 0 Å². The number of hydrogen-bond acceptors (Lipinski definition) is 0. The highest BCUT2D eigenvalue weighted by atomic mass is 19.2. The average Bonchev–Trinajstić information content (AvgIpc) is 2.77. The molecule has 0 amide bonds. The minimum atomic E-state index is -1.38. The van der Waals surface area contributed by atoms with Crippen molar-refractivity contribution >= 4 is 10.8 Å². The molecule has 0 spiro atoms. The number of fused-ring (bicyclic) bond motifs is 1. The molecule has 0 heterocycles. The van der Waals surface area contributed by atoms with Crippen molar-refractivity contribution in [3.05, 3.63) is 47.3 Å². The van der Waals surface area contributed by atoms with Crippen LogP contribution in [0.15, 0.2) is 24.3 Å². The maximum absolute atomic E-state index is 14.0. The number of rotatable bonds is 6. The van der Waals surface area contributed by atoms with Gasteiger partial charge in [0.2, 0.25) is 0 Å². The first kappa shape index (κ1) is 21.7. The Bertz CT molecular complexity index is 843. The molecule has 0 bridgehead atoms. The molecule has 0 radical (unpaired) electrons. The van der Waals surface area contributed by atoms with Gasteiger partial charge in [0, 0.05) is 5.39 Å². The summed E-state index contributed by atoms with van der Waals surface area (Å²) in [5.41, 5.74) is 1.14. The Labute approximate surface area is 179 Å². The largest absolute Gasteiger partial charge is 0.204 e. The lowest BCUT2D eigenvalue weighted by molar-refractivity contribution is 0.224. The van der Waals surface area contributed by atoms with Crippen molar-refractivity contribution in [3.8, 4) is 0 Å². The minimum absolute atomic E-state index is 0.167. The van der Waals surface area contributed by atoms with Crippen LogP contribution < -0.4 is 0 Å². The van der Waals surface area contributed by atoms with E-state index in [2.05, 4.69) is 6.92 Å². The fraction of sp³-hybridized carbons (Fsp3) is 0.630. The van der Waals surface area contributed by atoms with E-state index in [1.54, 1.807) is 6.07 Å². The van der Waals surface area contributed by atoms with Gasteiger partial charge in [0.25, 0.3) is 0 Å². The second kappa shape index (κ2) is 9.75. The van der Waals surface area contributed by atoms with Gasteiger partial charge in [0.15, 0.2) is 17.5 Å². The average molecular weight is 417 g/mol. The van der Waals surface area contributed by atoms with Gasteiger partial charge in [-0.2, -0.15) is 0 Å². The molecule has 30 heavy (non-hydrogen) atoms. The van der Waals surface area contributed by atoms with Crippen LogP contribution in [0.2, 0.25) is 0 Å². The summed E-state index contributed by atoms with van der Waals surface area (Å²) < 4.78 is 41.1. The summed E-state index contributed by atoms with van der Waals surface area (Å²) in [5.74, 6) is -0.350. The minimum Gasteiger partial charge on any atom is -0.204 e. The monoisotopic (exact) mass is 416 g/mol. The Morgan fingerprint density at radius 2 is 1.27 bits per heavy atom. The predicted molar refractivity (Wildman–Crippen MR) is 118 cm³/mol. The molecule has 2 fully saturated rings. The van der Waals surface area contributed by atoms with Gasteiger partial charge in [-0.1, -0.05) is 76.5 Å². The Morgan fingerprint density at radius 3 is 1.87 bits per heavy atom. The molecule has 0 N–H and O–H groups in total. The van der Waals surface area contributed by atoms with Gasteiger partial charge in [-0.25, -0.2) is 13.2 Å². The molecule has 4 rings (SSSR count). The van der Waals surface area contributed by atoms with Gasteiger partial charge in [-0.05, 0) is 66.4 Å². The zero-order chi connectivity index (χ0) is 21.1. The molecule has 2 aromatic carbocycles. The van der Waals surface area contributed by atoms with E-state index in [-0.39, 0.29) is 5.39 Å². The summed E-state index contributed by atoms with van der Waals surface area (Å²) in [6.07, 6.45) is 16.1. The van der Waals surface area contributed by atoms with Crippen molar-refractivity contribution in [2.45, 2.75) is 89.9 Å². The smallest absolute Gasteiger partial charge is 0.195 e. The second-order valence-corrected chi connectivity index (χ2v) is 9.94. The van der Waals surface area contributed by atoms with Crippen LogP contribution in [0.25, 0.3) is 10.8 Å². The van der Waals surface area contributed by atoms with Gasteiger partial charge in [-0.15, -0.1) is 0 Å². The maximum Gasteiger partial charge on any atom is 0.195 e. The number of benzene rings is 2. The molecule has 0 atom stereocenters. The van der Waals surface area contributed by atoms with Crippen LogP contribution in [-0.2, 0) is 0 Å². The standard InChI is InChI=1S/C27H35F3/c1-2-3-18-4-6-19(7-5-18)8-9-20-10-12-21(13-11-20)22-14-15-24-23(16-22)17-25(28)27(30)26(24)29/h14-21H,2-13H2,1H3/t18-,19-,20-,21-. The predicted octanol–water partition coefficient (Wildman–Crippen LogP) is 8.92.